The van der Waals surface area contributed by atoms with Crippen LogP contribution >= 0.6 is 0 Å². The highest BCUT2D eigenvalue weighted by molar-refractivity contribution is 6.15. The summed E-state index contributed by atoms with van der Waals surface area (Å²) in [5.41, 5.74) is 13.6. The van der Waals surface area contributed by atoms with Crippen LogP contribution in [-0.2, 0) is 0 Å². The normalized spacial score (nSPS) is 12.1. The molecule has 13 aromatic rings. The molecule has 0 saturated heterocycles. The number of nitrogens with zero attached hydrogens (tertiary/aromatic N) is 2. The van der Waals surface area contributed by atoms with Gasteiger partial charge in [-0.25, -0.2) is 0 Å². The Bertz CT molecular complexity index is 3860. The largest absolute Gasteiger partial charge is 0.456 e. The molecule has 0 amide bonds. The van der Waals surface area contributed by atoms with Crippen molar-refractivity contribution < 1.29 is 4.42 Å². The fourth-order valence-electron chi connectivity index (χ4n) is 9.82. The van der Waals surface area contributed by atoms with Gasteiger partial charge in [-0.1, -0.05) is 133 Å². The van der Waals surface area contributed by atoms with Crippen LogP contribution in [-0.4, -0.2) is 9.13 Å². The number of benzene rings is 10. The van der Waals surface area contributed by atoms with Crippen LogP contribution < -0.4 is 0 Å². The van der Waals surface area contributed by atoms with Crippen LogP contribution in [0.1, 0.15) is 0 Å². The molecular weight excluding hydrogens is 717 g/mol. The summed E-state index contributed by atoms with van der Waals surface area (Å²) in [5.74, 6) is 0. The van der Waals surface area contributed by atoms with E-state index in [4.69, 9.17) is 4.42 Å². The number of fused-ring (bicyclic) bond motifs is 12. The maximum absolute atomic E-state index is 6.20. The number of rotatable bonds is 4. The first kappa shape index (κ1) is 32.2. The molecule has 3 heteroatoms. The van der Waals surface area contributed by atoms with Gasteiger partial charge in [-0.15, -0.1) is 0 Å². The van der Waals surface area contributed by atoms with Crippen molar-refractivity contribution in [2.45, 2.75) is 0 Å². The van der Waals surface area contributed by atoms with Crippen molar-refractivity contribution in [3.63, 3.8) is 0 Å². The van der Waals surface area contributed by atoms with Crippen LogP contribution in [0, 0.1) is 0 Å². The fourth-order valence-corrected chi connectivity index (χ4v) is 9.82. The Labute approximate surface area is 339 Å². The minimum Gasteiger partial charge on any atom is -0.456 e. The third-order valence-corrected chi connectivity index (χ3v) is 12.5. The molecule has 0 unspecified atom stereocenters. The molecule has 0 bridgehead atoms. The summed E-state index contributed by atoms with van der Waals surface area (Å²) >= 11 is 0. The van der Waals surface area contributed by atoms with Crippen LogP contribution in [0.2, 0.25) is 0 Å². The molecule has 13 rings (SSSR count). The van der Waals surface area contributed by atoms with E-state index < -0.39 is 0 Å². The van der Waals surface area contributed by atoms with Gasteiger partial charge in [-0.05, 0) is 117 Å². The Kier molecular flexibility index (Phi) is 6.72. The lowest BCUT2D eigenvalue weighted by molar-refractivity contribution is 0.669. The smallest absolute Gasteiger partial charge is 0.135 e. The van der Waals surface area contributed by atoms with Gasteiger partial charge >= 0.3 is 0 Å². The van der Waals surface area contributed by atoms with E-state index in [1.54, 1.807) is 0 Å². The van der Waals surface area contributed by atoms with Crippen molar-refractivity contribution >= 4 is 87.1 Å². The second kappa shape index (κ2) is 12.3. The minimum atomic E-state index is 0.903. The van der Waals surface area contributed by atoms with Gasteiger partial charge in [0, 0.05) is 43.7 Å². The van der Waals surface area contributed by atoms with Gasteiger partial charge in [0.1, 0.15) is 11.2 Å². The monoisotopic (exact) mass is 750 g/mol. The maximum atomic E-state index is 6.20. The predicted octanol–water partition coefficient (Wildman–Crippen LogP) is 15.4. The summed E-state index contributed by atoms with van der Waals surface area (Å²) in [6.45, 7) is 0. The van der Waals surface area contributed by atoms with Crippen LogP contribution in [0.4, 0.5) is 0 Å². The average Bonchev–Trinajstić information content (AvgIpc) is 3.95. The number of hydrogen-bond acceptors (Lipinski definition) is 1. The number of aromatic nitrogens is 2. The van der Waals surface area contributed by atoms with E-state index in [1.807, 2.05) is 12.1 Å². The van der Waals surface area contributed by atoms with E-state index in [-0.39, 0.29) is 0 Å². The van der Waals surface area contributed by atoms with Crippen LogP contribution in [0.15, 0.2) is 211 Å². The van der Waals surface area contributed by atoms with E-state index in [1.165, 1.54) is 87.4 Å². The third-order valence-electron chi connectivity index (χ3n) is 12.5. The number of para-hydroxylation sites is 3. The Morgan fingerprint density at radius 1 is 0.271 bits per heavy atom. The molecule has 0 radical (unpaired) electrons. The van der Waals surface area contributed by atoms with E-state index >= 15 is 0 Å². The number of hydrogen-bond donors (Lipinski definition) is 0. The Morgan fingerprint density at radius 3 is 1.71 bits per heavy atom. The van der Waals surface area contributed by atoms with Crippen molar-refractivity contribution in [2.75, 3.05) is 0 Å². The SMILES string of the molecule is c1cc(-c2cc3ccccc3c3ccccc23)cc(-n2c3ccccc3c3ccc(-c4ccc5c(c4)c4ccccc4n5-c4ccc5oc6ccccc6c5c4)cc32)c1. The van der Waals surface area contributed by atoms with Crippen LogP contribution in [0.3, 0.4) is 0 Å². The minimum absolute atomic E-state index is 0.903. The molecular formula is C56H34N2O. The van der Waals surface area contributed by atoms with Gasteiger partial charge in [0.15, 0.2) is 0 Å². The summed E-state index contributed by atoms with van der Waals surface area (Å²) in [6.07, 6.45) is 0. The van der Waals surface area contributed by atoms with E-state index in [9.17, 15) is 0 Å². The van der Waals surface area contributed by atoms with Gasteiger partial charge < -0.3 is 13.6 Å². The van der Waals surface area contributed by atoms with Crippen LogP contribution in [0.25, 0.3) is 121 Å². The van der Waals surface area contributed by atoms with Gasteiger partial charge in [0.2, 0.25) is 0 Å². The molecule has 0 aliphatic heterocycles. The lowest BCUT2D eigenvalue weighted by Crippen LogP contribution is -1.95. The fraction of sp³-hybridized carbons (Fsp3) is 0. The molecule has 274 valence electrons. The van der Waals surface area contributed by atoms with E-state index in [2.05, 4.69) is 203 Å². The topological polar surface area (TPSA) is 23.0 Å². The number of furan rings is 1. The molecule has 3 aromatic heterocycles. The molecule has 0 atom stereocenters. The molecule has 0 fully saturated rings. The van der Waals surface area contributed by atoms with Gasteiger partial charge in [-0.2, -0.15) is 0 Å². The second-order valence-electron chi connectivity index (χ2n) is 15.7. The Hall–Kier alpha value is -7.88. The van der Waals surface area contributed by atoms with Crippen molar-refractivity contribution in [3.05, 3.63) is 206 Å². The second-order valence-corrected chi connectivity index (χ2v) is 15.7. The summed E-state index contributed by atoms with van der Waals surface area (Å²) in [6, 6.07) is 75.2. The zero-order valence-corrected chi connectivity index (χ0v) is 31.9. The van der Waals surface area contributed by atoms with E-state index in [0.29, 0.717) is 0 Å². The Balaban J connectivity index is 0.983. The van der Waals surface area contributed by atoms with Crippen molar-refractivity contribution in [3.8, 4) is 33.6 Å². The highest BCUT2D eigenvalue weighted by Crippen LogP contribution is 2.41. The lowest BCUT2D eigenvalue weighted by Gasteiger charge is -2.14. The van der Waals surface area contributed by atoms with Crippen molar-refractivity contribution in [1.29, 1.82) is 0 Å². The lowest BCUT2D eigenvalue weighted by atomic mass is 9.93. The first-order chi connectivity index (χ1) is 29.2. The zero-order valence-electron chi connectivity index (χ0n) is 31.9. The van der Waals surface area contributed by atoms with Gasteiger partial charge in [0.25, 0.3) is 0 Å². The highest BCUT2D eigenvalue weighted by Gasteiger charge is 2.18. The summed E-state index contributed by atoms with van der Waals surface area (Å²) in [7, 11) is 0. The van der Waals surface area contributed by atoms with Gasteiger partial charge in [-0.3, -0.25) is 0 Å². The summed E-state index contributed by atoms with van der Waals surface area (Å²) < 4.78 is 11.0. The summed E-state index contributed by atoms with van der Waals surface area (Å²) in [5, 5.41) is 12.3. The molecule has 0 spiro atoms. The standard InChI is InChI=1S/C56H34N2O/c1-2-15-41-38(12-1)32-48(43-17-4-3-16-42(41)43)37-13-11-14-39(30-37)58-51-21-8-5-18-44(51)46-27-24-36(33-54(46)58)35-25-28-53-49(31-35)45-19-6-9-22-52(45)57(53)40-26-29-56-50(34-40)47-20-7-10-23-55(47)59-56/h1-34H. The quantitative estimate of drug-likeness (QED) is 0.164. The average molecular weight is 751 g/mol. The van der Waals surface area contributed by atoms with Gasteiger partial charge in [0.05, 0.1) is 22.1 Å². The highest BCUT2D eigenvalue weighted by atomic mass is 16.3. The summed E-state index contributed by atoms with van der Waals surface area (Å²) in [4.78, 5) is 0. The zero-order chi connectivity index (χ0) is 38.6. The molecule has 0 saturated carbocycles. The van der Waals surface area contributed by atoms with Crippen molar-refractivity contribution in [1.82, 2.24) is 9.13 Å². The molecule has 10 aromatic carbocycles. The molecule has 3 nitrogen and oxygen atoms in total. The van der Waals surface area contributed by atoms with Crippen molar-refractivity contribution in [2.24, 2.45) is 0 Å². The molecule has 0 aliphatic carbocycles. The Morgan fingerprint density at radius 2 is 0.864 bits per heavy atom. The third kappa shape index (κ3) is 4.76. The molecule has 0 aliphatic rings. The molecule has 59 heavy (non-hydrogen) atoms. The maximum Gasteiger partial charge on any atom is 0.135 e. The molecule has 3 heterocycles. The first-order valence-electron chi connectivity index (χ1n) is 20.2. The van der Waals surface area contributed by atoms with Crippen LogP contribution in [0.5, 0.6) is 0 Å². The molecule has 0 N–H and O–H groups in total. The predicted molar refractivity (Wildman–Crippen MR) is 248 cm³/mol. The first-order valence-corrected chi connectivity index (χ1v) is 20.2. The van der Waals surface area contributed by atoms with E-state index in [0.717, 1.165) is 33.3 Å².